The molecule has 0 unspecified atom stereocenters. The highest BCUT2D eigenvalue weighted by molar-refractivity contribution is 7.91. The predicted molar refractivity (Wildman–Crippen MR) is 118 cm³/mol. The van der Waals surface area contributed by atoms with Gasteiger partial charge in [0.25, 0.3) is 0 Å². The maximum Gasteiger partial charge on any atom is 0.354 e. The molecule has 0 radical (unpaired) electrons. The Labute approximate surface area is 178 Å². The highest BCUT2D eigenvalue weighted by Gasteiger charge is 2.21. The second kappa shape index (κ2) is 8.83. The minimum atomic E-state index is -3.56. The number of hydrogen-bond acceptors (Lipinski definition) is 3. The number of hydrogen-bond donors (Lipinski definition) is 3. The number of nitrogens with zero attached hydrogens (tertiary/aromatic N) is 1. The zero-order valence-electron chi connectivity index (χ0n) is 18.2. The number of nitrogens with two attached hydrogens (primary N) is 1. The molecule has 0 aromatic heterocycles. The zero-order chi connectivity index (χ0) is 22.9. The number of amides is 2. The molecule has 0 aliphatic rings. The number of anilines is 1. The molecule has 0 aliphatic carbocycles. The maximum atomic E-state index is 14.1. The zero-order valence-corrected chi connectivity index (χ0v) is 19.0. The monoisotopic (exact) mass is 435 g/mol. The molecule has 0 spiro atoms. The first-order valence-electron chi connectivity index (χ1n) is 9.74. The normalized spacial score (nSPS) is 14.0. The Kier molecular flexibility index (Phi) is 7.06. The lowest BCUT2D eigenvalue weighted by Gasteiger charge is -2.20. The summed E-state index contributed by atoms with van der Waals surface area (Å²) in [5.74, 6) is -0.498. The summed E-state index contributed by atoms with van der Waals surface area (Å²) in [7, 11) is -3.56. The van der Waals surface area contributed by atoms with Crippen molar-refractivity contribution < 1.29 is 18.5 Å². The molecule has 0 saturated heterocycles. The van der Waals surface area contributed by atoms with Gasteiger partial charge in [-0.3, -0.25) is 0 Å². The Bertz CT molecular complexity index is 1040. The predicted octanol–water partition coefficient (Wildman–Crippen LogP) is 5.23. The van der Waals surface area contributed by atoms with Crippen molar-refractivity contribution in [3.63, 3.8) is 0 Å². The fourth-order valence-corrected chi connectivity index (χ4v) is 4.04. The van der Waals surface area contributed by atoms with E-state index in [9.17, 15) is 18.5 Å². The van der Waals surface area contributed by atoms with Gasteiger partial charge in [-0.1, -0.05) is 39.8 Å². The van der Waals surface area contributed by atoms with Crippen molar-refractivity contribution in [2.75, 3.05) is 5.32 Å². The molecular weight excluding hydrogens is 405 g/mol. The lowest BCUT2D eigenvalue weighted by Crippen LogP contribution is -2.21. The van der Waals surface area contributed by atoms with Gasteiger partial charge in [-0.15, -0.1) is 4.36 Å². The first-order chi connectivity index (χ1) is 13.7. The Morgan fingerprint density at radius 2 is 1.67 bits per heavy atom. The van der Waals surface area contributed by atoms with Crippen LogP contribution in [0.5, 0.6) is 0 Å². The fourth-order valence-electron chi connectivity index (χ4n) is 3.07. The number of carbonyl (C=O) groups excluding carboxylic acids is 1. The largest absolute Gasteiger partial charge is 0.386 e. The van der Waals surface area contributed by atoms with Crippen LogP contribution in [0.2, 0.25) is 0 Å². The van der Waals surface area contributed by atoms with Crippen molar-refractivity contribution in [1.29, 1.82) is 0 Å². The Morgan fingerprint density at radius 3 is 2.13 bits per heavy atom. The SMILES string of the molecule is CC(C)c1cc(F)cc(C(C)C)c1NC(=O)N=[S@](N)(=O)c1cccc(C(C)(C)O)c1. The van der Waals surface area contributed by atoms with E-state index in [2.05, 4.69) is 9.68 Å². The third kappa shape index (κ3) is 5.65. The molecule has 0 aliphatic heterocycles. The van der Waals surface area contributed by atoms with Gasteiger partial charge in [0.15, 0.2) is 0 Å². The van der Waals surface area contributed by atoms with E-state index in [0.29, 0.717) is 22.4 Å². The van der Waals surface area contributed by atoms with E-state index in [1.165, 1.54) is 24.3 Å². The topological polar surface area (TPSA) is 105 Å². The van der Waals surface area contributed by atoms with Gasteiger partial charge < -0.3 is 10.4 Å². The number of nitrogens with one attached hydrogen (secondary N) is 1. The minimum absolute atomic E-state index is 0.0563. The van der Waals surface area contributed by atoms with Crippen molar-refractivity contribution >= 4 is 21.6 Å². The number of halogens is 1. The van der Waals surface area contributed by atoms with Gasteiger partial charge in [-0.2, -0.15) is 0 Å². The third-order valence-corrected chi connectivity index (χ3v) is 6.10. The Balaban J connectivity index is 2.48. The second-order valence-electron chi connectivity index (χ2n) is 8.45. The Morgan fingerprint density at radius 1 is 1.13 bits per heavy atom. The van der Waals surface area contributed by atoms with Crippen molar-refractivity contribution in [1.82, 2.24) is 0 Å². The van der Waals surface area contributed by atoms with Crippen LogP contribution in [-0.4, -0.2) is 15.3 Å². The van der Waals surface area contributed by atoms with Crippen LogP contribution in [0.4, 0.5) is 14.9 Å². The molecule has 2 aromatic rings. The molecule has 0 fully saturated rings. The van der Waals surface area contributed by atoms with Gasteiger partial charge in [0.05, 0.1) is 10.5 Å². The van der Waals surface area contributed by atoms with Crippen LogP contribution < -0.4 is 10.5 Å². The van der Waals surface area contributed by atoms with E-state index in [4.69, 9.17) is 5.14 Å². The summed E-state index contributed by atoms with van der Waals surface area (Å²) in [6.07, 6.45) is 0. The first-order valence-corrected chi connectivity index (χ1v) is 11.3. The summed E-state index contributed by atoms with van der Waals surface area (Å²) in [5.41, 5.74) is 1.02. The van der Waals surface area contributed by atoms with Crippen LogP contribution in [0.25, 0.3) is 0 Å². The molecule has 1 atom stereocenters. The van der Waals surface area contributed by atoms with Crippen LogP contribution in [0.3, 0.4) is 0 Å². The highest BCUT2D eigenvalue weighted by Crippen LogP contribution is 2.34. The summed E-state index contributed by atoms with van der Waals surface area (Å²) < 4.78 is 30.7. The number of urea groups is 1. The van der Waals surface area contributed by atoms with E-state index >= 15 is 0 Å². The van der Waals surface area contributed by atoms with Crippen molar-refractivity contribution in [3.05, 3.63) is 58.9 Å². The van der Waals surface area contributed by atoms with Crippen molar-refractivity contribution in [3.8, 4) is 0 Å². The van der Waals surface area contributed by atoms with Crippen molar-refractivity contribution in [2.45, 2.75) is 63.9 Å². The van der Waals surface area contributed by atoms with Gasteiger partial charge in [0, 0.05) is 5.69 Å². The smallest absolute Gasteiger partial charge is 0.354 e. The molecule has 0 heterocycles. The van der Waals surface area contributed by atoms with E-state index in [0.717, 1.165) is 0 Å². The Hall–Kier alpha value is -2.29. The summed E-state index contributed by atoms with van der Waals surface area (Å²) >= 11 is 0. The number of carbonyl (C=O) groups is 1. The van der Waals surface area contributed by atoms with Gasteiger partial charge >= 0.3 is 6.03 Å². The second-order valence-corrected chi connectivity index (χ2v) is 10.2. The van der Waals surface area contributed by atoms with Crippen LogP contribution >= 0.6 is 0 Å². The third-order valence-electron chi connectivity index (χ3n) is 4.74. The van der Waals surface area contributed by atoms with Gasteiger partial charge in [0.2, 0.25) is 0 Å². The summed E-state index contributed by atoms with van der Waals surface area (Å²) in [5, 5.41) is 18.7. The first kappa shape index (κ1) is 24.0. The molecule has 4 N–H and O–H groups in total. The molecule has 0 saturated carbocycles. The van der Waals surface area contributed by atoms with E-state index in [-0.39, 0.29) is 22.5 Å². The quantitative estimate of drug-likeness (QED) is 0.598. The number of aliphatic hydroxyl groups is 1. The molecule has 0 bridgehead atoms. The molecule has 6 nitrogen and oxygen atoms in total. The van der Waals surface area contributed by atoms with Gasteiger partial charge in [-0.25, -0.2) is 18.5 Å². The van der Waals surface area contributed by atoms with Gasteiger partial charge in [-0.05, 0) is 66.6 Å². The lowest BCUT2D eigenvalue weighted by atomic mass is 9.92. The summed E-state index contributed by atoms with van der Waals surface area (Å²) in [6.45, 7) is 10.7. The summed E-state index contributed by atoms with van der Waals surface area (Å²) in [6, 6.07) is 8.09. The number of benzene rings is 2. The minimum Gasteiger partial charge on any atom is -0.386 e. The average molecular weight is 436 g/mol. The molecule has 2 aromatic carbocycles. The maximum absolute atomic E-state index is 14.1. The highest BCUT2D eigenvalue weighted by atomic mass is 32.2. The fraction of sp³-hybridized carbons (Fsp3) is 0.409. The van der Waals surface area contributed by atoms with Gasteiger partial charge in [0.1, 0.15) is 15.7 Å². The average Bonchev–Trinajstić information content (AvgIpc) is 2.61. The number of rotatable bonds is 5. The standard InChI is InChI=1S/C22H30FN3O3S/c1-13(2)18-11-16(23)12-19(14(3)4)20(18)25-21(27)26-30(24,29)17-9-7-8-15(10-17)22(5,6)28/h7-14,28H,1-6H3,(H3,24,25,26,27,29)/t30-/m0/s1. The van der Waals surface area contributed by atoms with E-state index in [1.807, 2.05) is 27.7 Å². The van der Waals surface area contributed by atoms with Crippen LogP contribution in [0, 0.1) is 5.82 Å². The van der Waals surface area contributed by atoms with Crippen LogP contribution in [0.15, 0.2) is 45.7 Å². The van der Waals surface area contributed by atoms with E-state index < -0.39 is 21.5 Å². The molecular formula is C22H30FN3O3S. The summed E-state index contributed by atoms with van der Waals surface area (Å²) in [4.78, 5) is 12.8. The van der Waals surface area contributed by atoms with Crippen LogP contribution in [0.1, 0.15) is 70.1 Å². The van der Waals surface area contributed by atoms with Crippen LogP contribution in [-0.2, 0) is 15.5 Å². The molecule has 8 heteroatoms. The molecule has 2 rings (SSSR count). The van der Waals surface area contributed by atoms with E-state index in [1.54, 1.807) is 26.0 Å². The molecule has 164 valence electrons. The lowest BCUT2D eigenvalue weighted by molar-refractivity contribution is 0.0784. The molecule has 30 heavy (non-hydrogen) atoms. The molecule has 2 amide bonds. The van der Waals surface area contributed by atoms with Crippen molar-refractivity contribution in [2.24, 2.45) is 9.50 Å².